The molecule has 150 valence electrons. The molecule has 5 nitrogen and oxygen atoms in total. The van der Waals surface area contributed by atoms with E-state index < -0.39 is 0 Å². The van der Waals surface area contributed by atoms with E-state index in [1.807, 2.05) is 6.07 Å². The summed E-state index contributed by atoms with van der Waals surface area (Å²) in [5.41, 5.74) is 2.31. The first-order chi connectivity index (χ1) is 13.8. The molecule has 1 saturated heterocycles. The second-order valence-corrected chi connectivity index (χ2v) is 8.30. The van der Waals surface area contributed by atoms with E-state index >= 15 is 0 Å². The molecule has 28 heavy (non-hydrogen) atoms. The van der Waals surface area contributed by atoms with Crippen LogP contribution in [0.25, 0.3) is 0 Å². The Morgan fingerprint density at radius 1 is 1.11 bits per heavy atom. The fourth-order valence-electron chi connectivity index (χ4n) is 4.52. The van der Waals surface area contributed by atoms with Gasteiger partial charge in [0.1, 0.15) is 0 Å². The van der Waals surface area contributed by atoms with E-state index in [4.69, 9.17) is 4.52 Å². The number of piperidine rings is 1. The molecule has 1 aromatic heterocycles. The maximum absolute atomic E-state index is 12.5. The van der Waals surface area contributed by atoms with E-state index in [1.165, 1.54) is 24.8 Å². The van der Waals surface area contributed by atoms with Gasteiger partial charge in [-0.2, -0.15) is 0 Å². The van der Waals surface area contributed by atoms with Crippen LogP contribution < -0.4 is 5.32 Å². The van der Waals surface area contributed by atoms with Gasteiger partial charge in [-0.15, -0.1) is 0 Å². The molecule has 0 radical (unpaired) electrons. The van der Waals surface area contributed by atoms with E-state index in [9.17, 15) is 4.79 Å². The molecular weight excluding hydrogens is 350 g/mol. The van der Waals surface area contributed by atoms with Crippen molar-refractivity contribution in [2.75, 3.05) is 19.6 Å². The summed E-state index contributed by atoms with van der Waals surface area (Å²) >= 11 is 0. The molecule has 1 saturated carbocycles. The number of carbonyl (C=O) groups excluding carboxylic acids is 1. The van der Waals surface area contributed by atoms with Crippen LogP contribution in [0.2, 0.25) is 0 Å². The van der Waals surface area contributed by atoms with Gasteiger partial charge in [-0.25, -0.2) is 0 Å². The summed E-state index contributed by atoms with van der Waals surface area (Å²) in [5.74, 6) is 0.605. The van der Waals surface area contributed by atoms with Crippen LogP contribution in [0.3, 0.4) is 0 Å². The Hall–Kier alpha value is -2.14. The number of likely N-dealkylation sites (tertiary alicyclic amines) is 1. The monoisotopic (exact) mass is 381 g/mol. The smallest absolute Gasteiger partial charge is 0.290 e. The number of nitrogens with zero attached hydrogens (tertiary/aromatic N) is 2. The molecule has 1 atom stereocenters. The van der Waals surface area contributed by atoms with Gasteiger partial charge >= 0.3 is 0 Å². The summed E-state index contributed by atoms with van der Waals surface area (Å²) in [5, 5.41) is 7.36. The number of hydrogen-bond donors (Lipinski definition) is 1. The van der Waals surface area contributed by atoms with Gasteiger partial charge in [-0.05, 0) is 44.2 Å². The maximum atomic E-state index is 12.5. The third-order valence-corrected chi connectivity index (χ3v) is 6.18. The molecule has 2 heterocycles. The van der Waals surface area contributed by atoms with Gasteiger partial charge in [0.25, 0.3) is 5.91 Å². The van der Waals surface area contributed by atoms with Gasteiger partial charge in [0, 0.05) is 31.1 Å². The summed E-state index contributed by atoms with van der Waals surface area (Å²) in [6.07, 6.45) is 9.18. The van der Waals surface area contributed by atoms with Crippen LogP contribution in [0.4, 0.5) is 0 Å². The molecule has 0 bridgehead atoms. The van der Waals surface area contributed by atoms with Crippen molar-refractivity contribution in [3.8, 4) is 0 Å². The zero-order chi connectivity index (χ0) is 19.2. The van der Waals surface area contributed by atoms with Gasteiger partial charge in [-0.3, -0.25) is 4.79 Å². The van der Waals surface area contributed by atoms with Crippen LogP contribution in [0, 0.1) is 0 Å². The van der Waals surface area contributed by atoms with Crippen molar-refractivity contribution in [1.82, 2.24) is 15.4 Å². The minimum atomic E-state index is -0.109. The van der Waals surface area contributed by atoms with Gasteiger partial charge in [0.2, 0.25) is 5.76 Å². The zero-order valence-electron chi connectivity index (χ0n) is 16.6. The van der Waals surface area contributed by atoms with Crippen molar-refractivity contribution in [3.63, 3.8) is 0 Å². The largest absolute Gasteiger partial charge is 0.351 e. The molecule has 2 fully saturated rings. The molecular formula is C23H31N3O2. The molecule has 1 N–H and O–H groups in total. The Labute approximate surface area is 167 Å². The topological polar surface area (TPSA) is 58.4 Å². The highest BCUT2D eigenvalue weighted by molar-refractivity contribution is 5.91. The lowest BCUT2D eigenvalue weighted by molar-refractivity contribution is 0.0890. The Bertz CT molecular complexity index is 752. The number of benzene rings is 1. The molecule has 2 aromatic rings. The van der Waals surface area contributed by atoms with Crippen LogP contribution in [-0.2, 0) is 6.42 Å². The lowest BCUT2D eigenvalue weighted by Gasteiger charge is -2.31. The van der Waals surface area contributed by atoms with E-state index in [2.05, 4.69) is 45.7 Å². The third-order valence-electron chi connectivity index (χ3n) is 6.18. The predicted octanol–water partition coefficient (Wildman–Crippen LogP) is 4.16. The highest BCUT2D eigenvalue weighted by Gasteiger charge is 2.26. The number of carbonyl (C=O) groups is 1. The lowest BCUT2D eigenvalue weighted by Crippen LogP contribution is -2.36. The molecule has 1 aliphatic heterocycles. The standard InChI is InChI=1S/C23H31N3O2/c27-23(24-20-11-5-2-6-12-20)22-16-21(25-28-22)19-10-7-14-26(17-19)15-13-18-8-3-1-4-9-18/h1,3-4,8-9,16,19-20H,2,5-7,10-15,17H2,(H,24,27)/t19-/m0/s1. The Morgan fingerprint density at radius 3 is 2.75 bits per heavy atom. The van der Waals surface area contributed by atoms with E-state index in [-0.39, 0.29) is 11.9 Å². The molecule has 0 unspecified atom stereocenters. The average molecular weight is 382 g/mol. The predicted molar refractivity (Wildman–Crippen MR) is 109 cm³/mol. The van der Waals surface area contributed by atoms with Gasteiger partial charge in [-0.1, -0.05) is 54.8 Å². The fraction of sp³-hybridized carbons (Fsp3) is 0.565. The maximum Gasteiger partial charge on any atom is 0.290 e. The molecule has 2 aliphatic rings. The van der Waals surface area contributed by atoms with Crippen molar-refractivity contribution < 1.29 is 9.32 Å². The number of aromatic nitrogens is 1. The number of hydrogen-bond acceptors (Lipinski definition) is 4. The normalized spacial score (nSPS) is 21.5. The number of nitrogens with one attached hydrogen (secondary N) is 1. The molecule has 5 heteroatoms. The Morgan fingerprint density at radius 2 is 1.93 bits per heavy atom. The van der Waals surface area contributed by atoms with Crippen LogP contribution >= 0.6 is 0 Å². The number of amides is 1. The Kier molecular flexibility index (Phi) is 6.42. The Balaban J connectivity index is 1.30. The molecule has 4 rings (SSSR count). The second-order valence-electron chi connectivity index (χ2n) is 8.30. The van der Waals surface area contributed by atoms with E-state index in [1.54, 1.807) is 0 Å². The van der Waals surface area contributed by atoms with Crippen LogP contribution in [0.15, 0.2) is 40.9 Å². The molecule has 1 aliphatic carbocycles. The first-order valence-electron chi connectivity index (χ1n) is 10.8. The quantitative estimate of drug-likeness (QED) is 0.816. The highest BCUT2D eigenvalue weighted by atomic mass is 16.5. The zero-order valence-corrected chi connectivity index (χ0v) is 16.6. The van der Waals surface area contributed by atoms with Crippen molar-refractivity contribution in [2.45, 2.75) is 63.3 Å². The summed E-state index contributed by atoms with van der Waals surface area (Å²) in [6, 6.07) is 12.8. The number of rotatable bonds is 6. The SMILES string of the molecule is O=C(NC1CCCCC1)c1cc([C@H]2CCCN(CCc3ccccc3)C2)no1. The lowest BCUT2D eigenvalue weighted by atomic mass is 9.94. The van der Waals surface area contributed by atoms with Crippen molar-refractivity contribution in [3.05, 3.63) is 53.4 Å². The first kappa shape index (κ1) is 19.2. The van der Waals surface area contributed by atoms with E-state index in [0.717, 1.165) is 57.4 Å². The first-order valence-corrected chi connectivity index (χ1v) is 10.8. The summed E-state index contributed by atoms with van der Waals surface area (Å²) < 4.78 is 5.41. The van der Waals surface area contributed by atoms with E-state index in [0.29, 0.717) is 11.7 Å². The molecule has 0 spiro atoms. The summed E-state index contributed by atoms with van der Waals surface area (Å²) in [4.78, 5) is 15.0. The minimum absolute atomic E-state index is 0.109. The molecule has 1 amide bonds. The third kappa shape index (κ3) is 5.02. The second kappa shape index (κ2) is 9.37. The van der Waals surface area contributed by atoms with Crippen LogP contribution in [0.1, 0.15) is 72.7 Å². The van der Waals surface area contributed by atoms with Gasteiger partial charge in [0.15, 0.2) is 0 Å². The van der Waals surface area contributed by atoms with Crippen LogP contribution in [0.5, 0.6) is 0 Å². The van der Waals surface area contributed by atoms with Crippen molar-refractivity contribution >= 4 is 5.91 Å². The minimum Gasteiger partial charge on any atom is -0.351 e. The van der Waals surface area contributed by atoms with Crippen molar-refractivity contribution in [2.24, 2.45) is 0 Å². The summed E-state index contributed by atoms with van der Waals surface area (Å²) in [7, 11) is 0. The average Bonchev–Trinajstić information content (AvgIpc) is 3.25. The fourth-order valence-corrected chi connectivity index (χ4v) is 4.52. The molecule has 1 aromatic carbocycles. The highest BCUT2D eigenvalue weighted by Crippen LogP contribution is 2.27. The van der Waals surface area contributed by atoms with Crippen LogP contribution in [-0.4, -0.2) is 41.6 Å². The summed E-state index contributed by atoms with van der Waals surface area (Å²) in [6.45, 7) is 3.19. The van der Waals surface area contributed by atoms with Gasteiger partial charge in [0.05, 0.1) is 5.69 Å². The van der Waals surface area contributed by atoms with Gasteiger partial charge < -0.3 is 14.7 Å². The van der Waals surface area contributed by atoms with Crippen molar-refractivity contribution in [1.29, 1.82) is 0 Å².